The van der Waals surface area contributed by atoms with Gasteiger partial charge in [0.15, 0.2) is 6.61 Å². The second-order valence-corrected chi connectivity index (χ2v) is 8.79. The van der Waals surface area contributed by atoms with Gasteiger partial charge >= 0.3 is 0 Å². The number of hydrogen-bond acceptors (Lipinski definition) is 3. The summed E-state index contributed by atoms with van der Waals surface area (Å²) in [5.74, 6) is 0.695. The van der Waals surface area contributed by atoms with E-state index in [1.54, 1.807) is 12.1 Å². The summed E-state index contributed by atoms with van der Waals surface area (Å²) < 4.78 is 5.85. The molecule has 0 heterocycles. The summed E-state index contributed by atoms with van der Waals surface area (Å²) in [6.45, 7) is 6.09. The first kappa shape index (κ1) is 22.9. The van der Waals surface area contributed by atoms with Crippen LogP contribution in [0.15, 0.2) is 42.5 Å². The highest BCUT2D eigenvalue weighted by Gasteiger charge is 2.25. The second-order valence-electron chi connectivity index (χ2n) is 8.79. The standard InChI is InChI=1S/C26H34N2O3/c1-18(2)21-15-14-19(3)16-24(21)31-17-25(29)27-23-13-9-8-12-22(23)26(30)28(4)20-10-6-5-7-11-20/h8-9,12-16,18,20H,5-7,10-11,17H2,1-4H3,(H,27,29). The van der Waals surface area contributed by atoms with Gasteiger partial charge in [0.25, 0.3) is 11.8 Å². The predicted octanol–water partition coefficient (Wildman–Crippen LogP) is 5.54. The SMILES string of the molecule is Cc1ccc(C(C)C)c(OCC(=O)Nc2ccccc2C(=O)N(C)C2CCCCC2)c1. The van der Waals surface area contributed by atoms with Crippen LogP contribution in [0.2, 0.25) is 0 Å². The van der Waals surface area contributed by atoms with E-state index >= 15 is 0 Å². The zero-order valence-corrected chi connectivity index (χ0v) is 19.1. The maximum Gasteiger partial charge on any atom is 0.262 e. The van der Waals surface area contributed by atoms with Crippen molar-refractivity contribution in [1.82, 2.24) is 4.90 Å². The number of anilines is 1. The Morgan fingerprint density at radius 2 is 1.81 bits per heavy atom. The third-order valence-corrected chi connectivity index (χ3v) is 6.02. The van der Waals surface area contributed by atoms with Crippen LogP contribution < -0.4 is 10.1 Å². The lowest BCUT2D eigenvalue weighted by Gasteiger charge is -2.31. The zero-order chi connectivity index (χ0) is 22.4. The molecule has 1 fully saturated rings. The van der Waals surface area contributed by atoms with Gasteiger partial charge in [-0.1, -0.05) is 57.4 Å². The van der Waals surface area contributed by atoms with Crippen LogP contribution in [-0.2, 0) is 4.79 Å². The quantitative estimate of drug-likeness (QED) is 0.637. The minimum atomic E-state index is -0.281. The number of hydrogen-bond donors (Lipinski definition) is 1. The Morgan fingerprint density at radius 3 is 2.52 bits per heavy atom. The molecule has 5 heteroatoms. The van der Waals surface area contributed by atoms with Gasteiger partial charge in [-0.15, -0.1) is 0 Å². The Bertz CT molecular complexity index is 917. The molecule has 0 unspecified atom stereocenters. The Labute approximate surface area is 185 Å². The average molecular weight is 423 g/mol. The molecule has 2 aromatic carbocycles. The summed E-state index contributed by atoms with van der Waals surface area (Å²) in [6.07, 6.45) is 5.65. The third-order valence-electron chi connectivity index (χ3n) is 6.02. The van der Waals surface area contributed by atoms with Crippen LogP contribution in [0.3, 0.4) is 0 Å². The summed E-state index contributed by atoms with van der Waals surface area (Å²) >= 11 is 0. The summed E-state index contributed by atoms with van der Waals surface area (Å²) in [5, 5.41) is 2.87. The molecule has 0 aromatic heterocycles. The second kappa shape index (κ2) is 10.5. The topological polar surface area (TPSA) is 58.6 Å². The Hall–Kier alpha value is -2.82. The fourth-order valence-corrected chi connectivity index (χ4v) is 4.18. The molecule has 1 aliphatic rings. The molecule has 2 amide bonds. The molecule has 0 spiro atoms. The molecule has 0 bridgehead atoms. The molecule has 166 valence electrons. The van der Waals surface area contributed by atoms with Gasteiger partial charge in [-0.3, -0.25) is 9.59 Å². The van der Waals surface area contributed by atoms with E-state index in [0.29, 0.717) is 17.2 Å². The lowest BCUT2D eigenvalue weighted by atomic mass is 9.94. The van der Waals surface area contributed by atoms with E-state index in [2.05, 4.69) is 19.2 Å². The van der Waals surface area contributed by atoms with Gasteiger partial charge in [-0.2, -0.15) is 0 Å². The summed E-state index contributed by atoms with van der Waals surface area (Å²) in [5.41, 5.74) is 3.20. The number of ether oxygens (including phenoxy) is 1. The number of rotatable bonds is 7. The first-order valence-corrected chi connectivity index (χ1v) is 11.3. The Kier molecular flexibility index (Phi) is 7.72. The molecule has 2 aromatic rings. The van der Waals surface area contributed by atoms with Crippen LogP contribution in [0.25, 0.3) is 0 Å². The van der Waals surface area contributed by atoms with Crippen molar-refractivity contribution in [2.45, 2.75) is 64.8 Å². The van der Waals surface area contributed by atoms with E-state index in [4.69, 9.17) is 4.74 Å². The van der Waals surface area contributed by atoms with E-state index in [1.807, 2.05) is 49.2 Å². The van der Waals surface area contributed by atoms with Gasteiger partial charge in [0.05, 0.1) is 11.3 Å². The number of carbonyl (C=O) groups excluding carboxylic acids is 2. The van der Waals surface area contributed by atoms with E-state index in [0.717, 1.165) is 42.6 Å². The smallest absolute Gasteiger partial charge is 0.262 e. The van der Waals surface area contributed by atoms with Crippen LogP contribution in [0, 0.1) is 6.92 Å². The monoisotopic (exact) mass is 422 g/mol. The van der Waals surface area contributed by atoms with Gasteiger partial charge < -0.3 is 15.0 Å². The van der Waals surface area contributed by atoms with Crippen molar-refractivity contribution in [1.29, 1.82) is 0 Å². The van der Waals surface area contributed by atoms with Gasteiger partial charge in [0.2, 0.25) is 0 Å². The molecule has 0 atom stereocenters. The van der Waals surface area contributed by atoms with Gasteiger partial charge in [0, 0.05) is 13.1 Å². The zero-order valence-electron chi connectivity index (χ0n) is 19.1. The molecular formula is C26H34N2O3. The van der Waals surface area contributed by atoms with Crippen LogP contribution in [-0.4, -0.2) is 36.4 Å². The molecule has 0 radical (unpaired) electrons. The van der Waals surface area contributed by atoms with Gasteiger partial charge in [-0.05, 0) is 55.0 Å². The fourth-order valence-electron chi connectivity index (χ4n) is 4.18. The number of nitrogens with zero attached hydrogens (tertiary/aromatic N) is 1. The van der Waals surface area contributed by atoms with Gasteiger partial charge in [0.1, 0.15) is 5.75 Å². The van der Waals surface area contributed by atoms with Crippen molar-refractivity contribution in [3.63, 3.8) is 0 Å². The molecular weight excluding hydrogens is 388 g/mol. The van der Waals surface area contributed by atoms with E-state index < -0.39 is 0 Å². The molecule has 0 aliphatic heterocycles. The number of carbonyl (C=O) groups is 2. The summed E-state index contributed by atoms with van der Waals surface area (Å²) in [6, 6.07) is 13.5. The number of nitrogens with one attached hydrogen (secondary N) is 1. The molecule has 1 aliphatic carbocycles. The number of benzene rings is 2. The average Bonchev–Trinajstić information content (AvgIpc) is 2.77. The third kappa shape index (κ3) is 5.87. The van der Waals surface area contributed by atoms with Crippen molar-refractivity contribution in [2.24, 2.45) is 0 Å². The first-order valence-electron chi connectivity index (χ1n) is 11.3. The molecule has 5 nitrogen and oxygen atoms in total. The number of aryl methyl sites for hydroxylation is 1. The highest BCUT2D eigenvalue weighted by Crippen LogP contribution is 2.28. The van der Waals surface area contributed by atoms with Crippen molar-refractivity contribution < 1.29 is 14.3 Å². The van der Waals surface area contributed by atoms with E-state index in [9.17, 15) is 9.59 Å². The Morgan fingerprint density at radius 1 is 1.10 bits per heavy atom. The predicted molar refractivity (Wildman–Crippen MR) is 125 cm³/mol. The molecule has 1 saturated carbocycles. The Balaban J connectivity index is 1.67. The maximum absolute atomic E-state index is 13.1. The normalized spacial score (nSPS) is 14.4. The van der Waals surface area contributed by atoms with Crippen molar-refractivity contribution in [3.8, 4) is 5.75 Å². The van der Waals surface area contributed by atoms with Crippen molar-refractivity contribution in [3.05, 3.63) is 59.2 Å². The van der Waals surface area contributed by atoms with E-state index in [-0.39, 0.29) is 24.5 Å². The van der Waals surface area contributed by atoms with Gasteiger partial charge in [-0.25, -0.2) is 0 Å². The van der Waals surface area contributed by atoms with Crippen LogP contribution in [0.5, 0.6) is 5.75 Å². The maximum atomic E-state index is 13.1. The highest BCUT2D eigenvalue weighted by atomic mass is 16.5. The van der Waals surface area contributed by atoms with Crippen LogP contribution in [0.4, 0.5) is 5.69 Å². The largest absolute Gasteiger partial charge is 0.483 e. The summed E-state index contributed by atoms with van der Waals surface area (Å²) in [7, 11) is 1.87. The van der Waals surface area contributed by atoms with Crippen molar-refractivity contribution >= 4 is 17.5 Å². The van der Waals surface area contributed by atoms with E-state index in [1.165, 1.54) is 6.42 Å². The fraction of sp³-hybridized carbons (Fsp3) is 0.462. The number of amides is 2. The minimum Gasteiger partial charge on any atom is -0.483 e. The lowest BCUT2D eigenvalue weighted by Crippen LogP contribution is -2.38. The van der Waals surface area contributed by atoms with Crippen LogP contribution in [0.1, 0.15) is 73.4 Å². The summed E-state index contributed by atoms with van der Waals surface area (Å²) in [4.78, 5) is 27.6. The highest BCUT2D eigenvalue weighted by molar-refractivity contribution is 6.04. The first-order chi connectivity index (χ1) is 14.9. The molecule has 31 heavy (non-hydrogen) atoms. The molecule has 3 rings (SSSR count). The molecule has 0 saturated heterocycles. The van der Waals surface area contributed by atoms with Crippen molar-refractivity contribution in [2.75, 3.05) is 19.0 Å². The minimum absolute atomic E-state index is 0.0514. The number of para-hydroxylation sites is 1. The lowest BCUT2D eigenvalue weighted by molar-refractivity contribution is -0.118. The van der Waals surface area contributed by atoms with Crippen LogP contribution >= 0.6 is 0 Å². The molecule has 1 N–H and O–H groups in total.